The molecule has 1 saturated carbocycles. The predicted octanol–water partition coefficient (Wildman–Crippen LogP) is 4.23. The summed E-state index contributed by atoms with van der Waals surface area (Å²) in [5.41, 5.74) is 0.232. The van der Waals surface area contributed by atoms with Crippen LogP contribution in [0.25, 0.3) is 0 Å². The van der Waals surface area contributed by atoms with Crippen molar-refractivity contribution >= 4 is 23.6 Å². The van der Waals surface area contributed by atoms with Gasteiger partial charge in [0.25, 0.3) is 5.91 Å². The Morgan fingerprint density at radius 2 is 1.86 bits per heavy atom. The summed E-state index contributed by atoms with van der Waals surface area (Å²) in [4.78, 5) is 43.3. The number of hydrogen-bond acceptors (Lipinski definition) is 6. The van der Waals surface area contributed by atoms with Gasteiger partial charge in [-0.2, -0.15) is 0 Å². The molecule has 1 aliphatic heterocycles. The zero-order valence-electron chi connectivity index (χ0n) is 19.8. The van der Waals surface area contributed by atoms with Gasteiger partial charge in [-0.15, -0.1) is 0 Å². The quantitative estimate of drug-likeness (QED) is 0.546. The van der Waals surface area contributed by atoms with Gasteiger partial charge < -0.3 is 19.7 Å². The lowest BCUT2D eigenvalue weighted by molar-refractivity contribution is -0.134. The first kappa shape index (κ1) is 25.3. The van der Waals surface area contributed by atoms with Crippen molar-refractivity contribution < 1.29 is 32.6 Å². The van der Waals surface area contributed by atoms with Crippen molar-refractivity contribution in [2.75, 3.05) is 19.0 Å². The third kappa shape index (κ3) is 5.87. The highest BCUT2D eigenvalue weighted by atomic mass is 19.1. The molecule has 0 spiro atoms. The number of hydrogen-bond donors (Lipinski definition) is 1. The first-order valence-electron chi connectivity index (χ1n) is 11.8. The van der Waals surface area contributed by atoms with Gasteiger partial charge in [-0.25, -0.2) is 18.6 Å². The number of ether oxygens (including phenoxy) is 2. The highest BCUT2D eigenvalue weighted by Gasteiger charge is 2.36. The maximum Gasteiger partial charge on any atom is 0.339 e. The number of aromatic nitrogens is 1. The molecule has 4 rings (SSSR count). The molecular weight excluding hydrogens is 472 g/mol. The number of carbonyl (C=O) groups excluding carboxylic acids is 3. The van der Waals surface area contributed by atoms with Gasteiger partial charge in [0, 0.05) is 12.3 Å². The SMILES string of the molecule is COC(=O)c1ccc(NC(=O)[C@H](CC2CCCCC2)N2CC(Oc3c(F)cccc3F)=CC2=O)nc1. The molecule has 1 N–H and O–H groups in total. The number of rotatable bonds is 8. The lowest BCUT2D eigenvalue weighted by Gasteiger charge is -2.31. The fraction of sp³-hybridized carbons (Fsp3) is 0.385. The lowest BCUT2D eigenvalue weighted by Crippen LogP contribution is -2.46. The number of benzene rings is 1. The first-order chi connectivity index (χ1) is 17.4. The second-order valence-electron chi connectivity index (χ2n) is 8.90. The fourth-order valence-electron chi connectivity index (χ4n) is 4.58. The van der Waals surface area contributed by atoms with Crippen molar-refractivity contribution in [3.8, 4) is 5.75 Å². The molecule has 1 aliphatic carbocycles. The lowest BCUT2D eigenvalue weighted by atomic mass is 9.84. The van der Waals surface area contributed by atoms with Gasteiger partial charge in [0.1, 0.15) is 17.6 Å². The number of anilines is 1. The van der Waals surface area contributed by atoms with Crippen LogP contribution in [0, 0.1) is 17.6 Å². The van der Waals surface area contributed by atoms with Crippen molar-refractivity contribution in [2.45, 2.75) is 44.6 Å². The van der Waals surface area contributed by atoms with E-state index in [1.165, 1.54) is 36.4 Å². The Morgan fingerprint density at radius 1 is 1.14 bits per heavy atom. The van der Waals surface area contributed by atoms with Gasteiger partial charge in [0.15, 0.2) is 17.4 Å². The largest absolute Gasteiger partial charge is 0.465 e. The Labute approximate surface area is 207 Å². The minimum atomic E-state index is -0.889. The van der Waals surface area contributed by atoms with E-state index in [0.29, 0.717) is 6.42 Å². The van der Waals surface area contributed by atoms with Gasteiger partial charge in [0.2, 0.25) is 5.91 Å². The van der Waals surface area contributed by atoms with Crippen LogP contribution in [0.2, 0.25) is 0 Å². The molecule has 1 fully saturated rings. The Bertz CT molecular complexity index is 1140. The molecule has 1 aromatic heterocycles. The van der Waals surface area contributed by atoms with Crippen LogP contribution in [0.4, 0.5) is 14.6 Å². The number of nitrogens with one attached hydrogen (secondary N) is 1. The van der Waals surface area contributed by atoms with Gasteiger partial charge in [-0.1, -0.05) is 38.2 Å². The van der Waals surface area contributed by atoms with Crippen molar-refractivity contribution in [3.05, 3.63) is 65.6 Å². The van der Waals surface area contributed by atoms with Crippen molar-refractivity contribution in [3.63, 3.8) is 0 Å². The molecule has 1 aromatic carbocycles. The number of methoxy groups -OCH3 is 1. The summed E-state index contributed by atoms with van der Waals surface area (Å²) in [6.07, 6.45) is 8.04. The molecule has 10 heteroatoms. The highest BCUT2D eigenvalue weighted by Crippen LogP contribution is 2.31. The predicted molar refractivity (Wildman–Crippen MR) is 126 cm³/mol. The summed E-state index contributed by atoms with van der Waals surface area (Å²) < 4.78 is 38.1. The third-order valence-electron chi connectivity index (χ3n) is 6.44. The highest BCUT2D eigenvalue weighted by molar-refractivity contribution is 6.00. The minimum absolute atomic E-state index is 0.0472. The topological polar surface area (TPSA) is 97.8 Å². The maximum absolute atomic E-state index is 14.0. The molecule has 1 atom stereocenters. The van der Waals surface area contributed by atoms with E-state index in [-0.39, 0.29) is 29.6 Å². The van der Waals surface area contributed by atoms with Crippen LogP contribution in [0.15, 0.2) is 48.4 Å². The molecule has 190 valence electrons. The van der Waals surface area contributed by atoms with Gasteiger partial charge in [0.05, 0.1) is 19.2 Å². The molecule has 36 heavy (non-hydrogen) atoms. The van der Waals surface area contributed by atoms with Crippen LogP contribution in [-0.4, -0.2) is 47.4 Å². The Balaban J connectivity index is 1.50. The zero-order chi connectivity index (χ0) is 25.7. The monoisotopic (exact) mass is 499 g/mol. The average molecular weight is 500 g/mol. The summed E-state index contributed by atoms with van der Waals surface area (Å²) in [5.74, 6) is -3.34. The number of esters is 1. The number of halogens is 2. The second kappa shape index (κ2) is 11.3. The summed E-state index contributed by atoms with van der Waals surface area (Å²) in [5, 5.41) is 2.72. The average Bonchev–Trinajstić information content (AvgIpc) is 3.25. The van der Waals surface area contributed by atoms with Crippen molar-refractivity contribution in [1.29, 1.82) is 0 Å². The number of nitrogens with zero attached hydrogens (tertiary/aromatic N) is 2. The van der Waals surface area contributed by atoms with Gasteiger partial charge >= 0.3 is 5.97 Å². The Kier molecular flexibility index (Phi) is 7.92. The zero-order valence-corrected chi connectivity index (χ0v) is 19.8. The summed E-state index contributed by atoms with van der Waals surface area (Å²) in [7, 11) is 1.26. The van der Waals surface area contributed by atoms with E-state index < -0.39 is 41.2 Å². The fourth-order valence-corrected chi connectivity index (χ4v) is 4.58. The summed E-state index contributed by atoms with van der Waals surface area (Å²) >= 11 is 0. The molecule has 2 heterocycles. The molecule has 0 unspecified atom stereocenters. The number of amides is 2. The molecule has 8 nitrogen and oxygen atoms in total. The smallest absolute Gasteiger partial charge is 0.339 e. The minimum Gasteiger partial charge on any atom is -0.465 e. The van der Waals surface area contributed by atoms with E-state index in [0.717, 1.165) is 50.3 Å². The molecular formula is C26H27F2N3O5. The molecule has 2 aromatic rings. The van der Waals surface area contributed by atoms with E-state index in [1.54, 1.807) is 0 Å². The van der Waals surface area contributed by atoms with Crippen molar-refractivity contribution in [2.24, 2.45) is 5.92 Å². The van der Waals surface area contributed by atoms with Crippen LogP contribution in [0.3, 0.4) is 0 Å². The van der Waals surface area contributed by atoms with E-state index in [2.05, 4.69) is 15.0 Å². The van der Waals surface area contributed by atoms with Crippen LogP contribution < -0.4 is 10.1 Å². The Hall–Kier alpha value is -3.82. The first-order valence-corrected chi connectivity index (χ1v) is 11.8. The molecule has 0 radical (unpaired) electrons. The van der Waals surface area contributed by atoms with E-state index >= 15 is 0 Å². The number of pyridine rings is 1. The van der Waals surface area contributed by atoms with Gasteiger partial charge in [-0.05, 0) is 36.6 Å². The normalized spacial score (nSPS) is 16.9. The van der Waals surface area contributed by atoms with Crippen LogP contribution in [0.5, 0.6) is 5.75 Å². The van der Waals surface area contributed by atoms with Crippen LogP contribution in [0.1, 0.15) is 48.9 Å². The molecule has 0 saturated heterocycles. The summed E-state index contributed by atoms with van der Waals surface area (Å²) in [6, 6.07) is 5.44. The third-order valence-corrected chi connectivity index (χ3v) is 6.44. The van der Waals surface area contributed by atoms with E-state index in [1.807, 2.05) is 0 Å². The molecule has 2 aliphatic rings. The van der Waals surface area contributed by atoms with Crippen LogP contribution in [-0.2, 0) is 14.3 Å². The van der Waals surface area contributed by atoms with E-state index in [9.17, 15) is 23.2 Å². The summed E-state index contributed by atoms with van der Waals surface area (Å²) in [6.45, 7) is -0.105. The van der Waals surface area contributed by atoms with E-state index in [4.69, 9.17) is 4.74 Å². The maximum atomic E-state index is 14.0. The number of carbonyl (C=O) groups is 3. The van der Waals surface area contributed by atoms with Crippen molar-refractivity contribution in [1.82, 2.24) is 9.88 Å². The second-order valence-corrected chi connectivity index (χ2v) is 8.90. The number of para-hydroxylation sites is 1. The van der Waals surface area contributed by atoms with Gasteiger partial charge in [-0.3, -0.25) is 9.59 Å². The molecule has 2 amide bonds. The standard InChI is InChI=1S/C26H27F2N3O5/c1-35-26(34)17-10-11-22(29-14-17)30-25(33)21(12-16-6-3-2-4-7-16)31-15-18(13-23(31)32)36-24-19(27)8-5-9-20(24)28/h5,8-11,13-14,16,21H,2-4,6-7,12,15H2,1H3,(H,29,30,33)/t21-/m0/s1. The van der Waals surface area contributed by atoms with Crippen LogP contribution >= 0.6 is 0 Å². The molecule has 0 bridgehead atoms. The Morgan fingerprint density at radius 3 is 2.50 bits per heavy atom.